The van der Waals surface area contributed by atoms with Crippen LogP contribution >= 0.6 is 46.9 Å². The molecule has 0 aliphatic carbocycles. The number of ether oxygens (including phenoxy) is 1. The van der Waals surface area contributed by atoms with Crippen LogP contribution in [0.3, 0.4) is 0 Å². The molecule has 168 valence electrons. The molecule has 4 nitrogen and oxygen atoms in total. The molecule has 0 spiro atoms. The summed E-state index contributed by atoms with van der Waals surface area (Å²) in [4.78, 5) is 28.1. The Morgan fingerprint density at radius 3 is 2.44 bits per heavy atom. The Labute approximate surface area is 214 Å². The van der Waals surface area contributed by atoms with E-state index in [0.29, 0.717) is 31.4 Å². The Kier molecular flexibility index (Phi) is 6.52. The van der Waals surface area contributed by atoms with Gasteiger partial charge in [-0.05, 0) is 35.4 Å². The highest BCUT2D eigenvalue weighted by Crippen LogP contribution is 2.36. The minimum atomic E-state index is -0.499. The number of hydrogen-bond donors (Lipinski definition) is 0. The molecule has 1 saturated heterocycles. The molecule has 1 amide bonds. The molecule has 0 saturated carbocycles. The third kappa shape index (κ3) is 4.65. The summed E-state index contributed by atoms with van der Waals surface area (Å²) in [5.74, 6) is -0.221. The maximum atomic E-state index is 12.9. The number of rotatable bonds is 5. The van der Waals surface area contributed by atoms with Crippen LogP contribution in [0, 0.1) is 0 Å². The number of nitrogens with zero attached hydrogens (tertiary/aromatic N) is 1. The largest absolute Gasteiger partial charge is 0.422 e. The highest BCUT2D eigenvalue weighted by Gasteiger charge is 2.31. The molecule has 0 atom stereocenters. The highest BCUT2D eigenvalue weighted by molar-refractivity contribution is 8.26. The summed E-state index contributed by atoms with van der Waals surface area (Å²) in [5.41, 5.74) is 1.82. The molecule has 4 aromatic rings. The quantitative estimate of drug-likeness (QED) is 0.120. The van der Waals surface area contributed by atoms with Crippen molar-refractivity contribution in [2.75, 3.05) is 0 Å². The zero-order chi connectivity index (χ0) is 23.7. The van der Waals surface area contributed by atoms with Crippen molar-refractivity contribution in [3.63, 3.8) is 0 Å². The molecule has 34 heavy (non-hydrogen) atoms. The summed E-state index contributed by atoms with van der Waals surface area (Å²) < 4.78 is 6.99. The molecular formula is C26H16ClNO3S3. The summed E-state index contributed by atoms with van der Waals surface area (Å²) in [7, 11) is 0. The van der Waals surface area contributed by atoms with E-state index in [9.17, 15) is 9.59 Å². The van der Waals surface area contributed by atoms with Gasteiger partial charge in [0.15, 0.2) is 0 Å². The van der Waals surface area contributed by atoms with Crippen molar-refractivity contribution in [1.82, 2.24) is 4.90 Å². The summed E-state index contributed by atoms with van der Waals surface area (Å²) in [5, 5.41) is 1.24. The van der Waals surface area contributed by atoms with Gasteiger partial charge >= 0.3 is 5.97 Å². The highest BCUT2D eigenvalue weighted by atomic mass is 35.5. The molecule has 1 aromatic heterocycles. The molecule has 0 bridgehead atoms. The lowest BCUT2D eigenvalue weighted by Crippen LogP contribution is -2.27. The number of halogens is 1. The first-order valence-electron chi connectivity index (χ1n) is 10.3. The zero-order valence-electron chi connectivity index (χ0n) is 17.6. The van der Waals surface area contributed by atoms with Gasteiger partial charge in [0.1, 0.15) is 14.9 Å². The van der Waals surface area contributed by atoms with Crippen LogP contribution in [-0.4, -0.2) is 21.1 Å². The predicted octanol–water partition coefficient (Wildman–Crippen LogP) is 7.18. The lowest BCUT2D eigenvalue weighted by molar-refractivity contribution is -0.122. The molecule has 2 heterocycles. The molecule has 5 rings (SSSR count). The van der Waals surface area contributed by atoms with Crippen LogP contribution < -0.4 is 4.74 Å². The monoisotopic (exact) mass is 521 g/mol. The van der Waals surface area contributed by atoms with E-state index in [1.54, 1.807) is 35.2 Å². The number of amides is 1. The lowest BCUT2D eigenvalue weighted by Gasteiger charge is -2.14. The van der Waals surface area contributed by atoms with Gasteiger partial charge in [-0.3, -0.25) is 9.69 Å². The molecule has 0 unspecified atom stereocenters. The van der Waals surface area contributed by atoms with Crippen LogP contribution in [-0.2, 0) is 11.3 Å². The van der Waals surface area contributed by atoms with Gasteiger partial charge < -0.3 is 4.74 Å². The first-order valence-corrected chi connectivity index (χ1v) is 12.7. The molecule has 8 heteroatoms. The second kappa shape index (κ2) is 9.72. The normalized spacial score (nSPS) is 14.9. The Hall–Kier alpha value is -2.97. The van der Waals surface area contributed by atoms with Gasteiger partial charge in [-0.15, -0.1) is 11.3 Å². The predicted molar refractivity (Wildman–Crippen MR) is 143 cm³/mol. The number of thioether (sulfide) groups is 1. The van der Waals surface area contributed by atoms with Gasteiger partial charge in [-0.1, -0.05) is 96.2 Å². The van der Waals surface area contributed by atoms with Gasteiger partial charge in [-0.2, -0.15) is 0 Å². The minimum absolute atomic E-state index is 0.117. The average Bonchev–Trinajstić information content (AvgIpc) is 3.32. The van der Waals surface area contributed by atoms with E-state index in [0.717, 1.165) is 21.2 Å². The van der Waals surface area contributed by atoms with E-state index in [4.69, 9.17) is 28.6 Å². The van der Waals surface area contributed by atoms with Crippen LogP contribution in [0.4, 0.5) is 0 Å². The first-order chi connectivity index (χ1) is 16.5. The topological polar surface area (TPSA) is 46.6 Å². The fourth-order valence-electron chi connectivity index (χ4n) is 3.48. The van der Waals surface area contributed by atoms with Crippen molar-refractivity contribution in [2.45, 2.75) is 6.54 Å². The molecule has 0 radical (unpaired) electrons. The number of thiocarbonyl (C=S) groups is 1. The Morgan fingerprint density at radius 2 is 1.71 bits per heavy atom. The van der Waals surface area contributed by atoms with Gasteiger partial charge in [-0.25, -0.2) is 4.79 Å². The van der Waals surface area contributed by atoms with Crippen LogP contribution in [0.25, 0.3) is 16.2 Å². The number of thiophene rings is 1. The Bertz CT molecular complexity index is 1450. The molecule has 0 N–H and O–H groups in total. The third-order valence-electron chi connectivity index (χ3n) is 5.17. The van der Waals surface area contributed by atoms with Crippen LogP contribution in [0.1, 0.15) is 20.8 Å². The minimum Gasteiger partial charge on any atom is -0.422 e. The number of esters is 1. The van der Waals surface area contributed by atoms with Gasteiger partial charge in [0.05, 0.1) is 16.5 Å². The van der Waals surface area contributed by atoms with Gasteiger partial charge in [0.25, 0.3) is 5.91 Å². The van der Waals surface area contributed by atoms with Crippen molar-refractivity contribution < 1.29 is 14.3 Å². The number of fused-ring (bicyclic) bond motifs is 1. The molecule has 1 aliphatic rings. The number of benzene rings is 3. The molecule has 3 aromatic carbocycles. The van der Waals surface area contributed by atoms with E-state index < -0.39 is 5.97 Å². The van der Waals surface area contributed by atoms with E-state index in [1.807, 2.05) is 54.6 Å². The summed E-state index contributed by atoms with van der Waals surface area (Å²) in [6, 6.07) is 24.3. The zero-order valence-corrected chi connectivity index (χ0v) is 20.8. The van der Waals surface area contributed by atoms with E-state index in [-0.39, 0.29) is 5.91 Å². The maximum Gasteiger partial charge on any atom is 0.355 e. The second-order valence-electron chi connectivity index (χ2n) is 7.45. The van der Waals surface area contributed by atoms with Gasteiger partial charge in [0.2, 0.25) is 0 Å². The second-order valence-corrected chi connectivity index (χ2v) is 10.6. The van der Waals surface area contributed by atoms with Crippen LogP contribution in [0.15, 0.2) is 83.8 Å². The van der Waals surface area contributed by atoms with Crippen molar-refractivity contribution in [1.29, 1.82) is 0 Å². The van der Waals surface area contributed by atoms with E-state index in [1.165, 1.54) is 23.1 Å². The van der Waals surface area contributed by atoms with Crippen molar-refractivity contribution in [2.24, 2.45) is 0 Å². The molecule has 1 fully saturated rings. The fourth-order valence-corrected chi connectivity index (χ4v) is 6.12. The lowest BCUT2D eigenvalue weighted by atomic mass is 10.2. The van der Waals surface area contributed by atoms with Gasteiger partial charge in [0, 0.05) is 10.1 Å². The SMILES string of the molecule is O=C(Oc1ccc(/C=C2\SC(=S)N(Cc3ccccc3)C2=O)cc1)c1sc2ccccc2c1Cl. The Balaban J connectivity index is 1.28. The number of carbonyl (C=O) groups is 2. The van der Waals surface area contributed by atoms with E-state index >= 15 is 0 Å². The van der Waals surface area contributed by atoms with Crippen molar-refractivity contribution in [3.05, 3.63) is 105 Å². The summed E-state index contributed by atoms with van der Waals surface area (Å²) in [6.45, 7) is 0.442. The third-order valence-corrected chi connectivity index (χ3v) is 8.20. The Morgan fingerprint density at radius 1 is 1.00 bits per heavy atom. The van der Waals surface area contributed by atoms with Crippen molar-refractivity contribution in [3.8, 4) is 5.75 Å². The van der Waals surface area contributed by atoms with Crippen LogP contribution in [0.2, 0.25) is 5.02 Å². The fraction of sp³-hybridized carbons (Fsp3) is 0.0385. The smallest absolute Gasteiger partial charge is 0.355 e. The summed E-state index contributed by atoms with van der Waals surface area (Å²) in [6.07, 6.45) is 1.79. The van der Waals surface area contributed by atoms with Crippen molar-refractivity contribution >= 4 is 79.3 Å². The van der Waals surface area contributed by atoms with Crippen LogP contribution in [0.5, 0.6) is 5.75 Å². The summed E-state index contributed by atoms with van der Waals surface area (Å²) >= 11 is 14.4. The number of hydrogen-bond acceptors (Lipinski definition) is 6. The molecule has 1 aliphatic heterocycles. The maximum absolute atomic E-state index is 12.9. The molecular weight excluding hydrogens is 506 g/mol. The standard InChI is InChI=1S/C26H16ClNO3S3/c27-22-19-8-4-5-9-20(19)33-23(22)25(30)31-18-12-10-16(11-13-18)14-21-24(29)28(26(32)34-21)15-17-6-2-1-3-7-17/h1-14H,15H2/b21-14-. The average molecular weight is 522 g/mol. The van der Waals surface area contributed by atoms with E-state index in [2.05, 4.69) is 0 Å². The first kappa shape index (κ1) is 22.8. The number of carbonyl (C=O) groups excluding carboxylic acids is 2.